The molecule has 174 valence electrons. The lowest BCUT2D eigenvalue weighted by atomic mass is 9.78. The molecule has 4 bridgehead atoms. The molecule has 0 amide bonds. The van der Waals surface area contributed by atoms with Gasteiger partial charge in [0.2, 0.25) is 6.10 Å². The number of carbonyl (C=O) groups excluding carboxylic acids is 2. The van der Waals surface area contributed by atoms with Crippen LogP contribution in [-0.4, -0.2) is 35.7 Å². The van der Waals surface area contributed by atoms with Gasteiger partial charge < -0.3 is 24.1 Å². The van der Waals surface area contributed by atoms with Crippen molar-refractivity contribution >= 4 is 11.9 Å². The van der Waals surface area contributed by atoms with Gasteiger partial charge >= 0.3 is 17.9 Å². The first kappa shape index (κ1) is 24.1. The number of ether oxygens (including phenoxy) is 4. The Kier molecular flexibility index (Phi) is 6.65. The van der Waals surface area contributed by atoms with Gasteiger partial charge in [-0.05, 0) is 49.2 Å². The fourth-order valence-electron chi connectivity index (χ4n) is 3.24. The van der Waals surface area contributed by atoms with Gasteiger partial charge in [0.05, 0.1) is 0 Å². The largest absolute Gasteiger partial charge is 0.459 e. The average Bonchev–Trinajstić information content (AvgIpc) is 2.76. The quantitative estimate of drug-likeness (QED) is 0.522. The van der Waals surface area contributed by atoms with Gasteiger partial charge in [-0.15, -0.1) is 0 Å². The molecule has 2 aromatic carbocycles. The molecule has 0 aliphatic carbocycles. The van der Waals surface area contributed by atoms with Crippen LogP contribution >= 0.6 is 0 Å². The van der Waals surface area contributed by atoms with Gasteiger partial charge in [-0.2, -0.15) is 0 Å². The summed E-state index contributed by atoms with van der Waals surface area (Å²) in [6, 6.07) is 14.3. The third-order valence-corrected chi connectivity index (χ3v) is 5.38. The van der Waals surface area contributed by atoms with E-state index in [4.69, 9.17) is 18.9 Å². The maximum atomic E-state index is 12.5. The molecular weight excluding hydrogens is 424 g/mol. The molecule has 33 heavy (non-hydrogen) atoms. The standard InChI is InChI=1S/C26H28O7/c1-16(2)23(28)30-15-22(27)26(33-24(29)17(3)4)31-20-11-7-18(8-12-20)25(5,6)19-9-13-21(32-26)14-10-19/h7-14,22,27H,1,3,15H2,2,4-6H3. The highest BCUT2D eigenvalue weighted by molar-refractivity contribution is 5.87. The molecule has 1 unspecified atom stereocenters. The molecule has 7 nitrogen and oxygen atoms in total. The van der Waals surface area contributed by atoms with Crippen LogP contribution in [0.5, 0.6) is 11.5 Å². The number of rotatable bonds is 6. The van der Waals surface area contributed by atoms with Crippen molar-refractivity contribution in [1.82, 2.24) is 0 Å². The number of benzene rings is 2. The minimum Gasteiger partial charge on any atom is -0.459 e. The Morgan fingerprint density at radius 1 is 0.879 bits per heavy atom. The second-order valence-electron chi connectivity index (χ2n) is 8.55. The molecule has 1 atom stereocenters. The van der Waals surface area contributed by atoms with Crippen molar-refractivity contribution in [2.24, 2.45) is 0 Å². The number of aliphatic hydroxyl groups is 1. The Morgan fingerprint density at radius 2 is 1.30 bits per heavy atom. The van der Waals surface area contributed by atoms with Gasteiger partial charge in [-0.25, -0.2) is 9.59 Å². The highest BCUT2D eigenvalue weighted by atomic mass is 16.9. The Labute approximate surface area is 193 Å². The molecule has 0 radical (unpaired) electrons. The molecule has 2 aromatic rings. The van der Waals surface area contributed by atoms with Crippen LogP contribution in [0.15, 0.2) is 72.8 Å². The van der Waals surface area contributed by atoms with Gasteiger partial charge in [0, 0.05) is 16.6 Å². The Balaban J connectivity index is 2.10. The number of hydrogen-bond donors (Lipinski definition) is 1. The lowest BCUT2D eigenvalue weighted by molar-refractivity contribution is -0.328. The zero-order valence-corrected chi connectivity index (χ0v) is 19.2. The first-order valence-corrected chi connectivity index (χ1v) is 10.4. The lowest BCUT2D eigenvalue weighted by Crippen LogP contribution is -2.58. The van der Waals surface area contributed by atoms with Gasteiger partial charge in [-0.1, -0.05) is 51.3 Å². The van der Waals surface area contributed by atoms with Gasteiger partial charge in [0.1, 0.15) is 18.1 Å². The van der Waals surface area contributed by atoms with Crippen LogP contribution in [0, 0.1) is 0 Å². The summed E-state index contributed by atoms with van der Waals surface area (Å²) in [7, 11) is 0. The Morgan fingerprint density at radius 3 is 1.70 bits per heavy atom. The van der Waals surface area contributed by atoms with Crippen molar-refractivity contribution in [3.63, 3.8) is 0 Å². The number of esters is 2. The van der Waals surface area contributed by atoms with Crippen molar-refractivity contribution in [2.45, 2.75) is 45.2 Å². The summed E-state index contributed by atoms with van der Waals surface area (Å²) in [4.78, 5) is 24.4. The van der Waals surface area contributed by atoms with Crippen molar-refractivity contribution in [3.8, 4) is 11.5 Å². The summed E-state index contributed by atoms with van der Waals surface area (Å²) in [6.07, 6.45) is -1.72. The average molecular weight is 453 g/mol. The fraction of sp³-hybridized carbons (Fsp3) is 0.308. The molecule has 0 fully saturated rings. The zero-order chi connectivity index (χ0) is 24.4. The lowest BCUT2D eigenvalue weighted by Gasteiger charge is -2.37. The minimum atomic E-state index is -2.37. The molecule has 7 heteroatoms. The van der Waals surface area contributed by atoms with Crippen molar-refractivity contribution < 1.29 is 33.6 Å². The maximum absolute atomic E-state index is 12.5. The van der Waals surface area contributed by atoms with Crippen molar-refractivity contribution in [1.29, 1.82) is 0 Å². The second kappa shape index (κ2) is 9.11. The summed E-state index contributed by atoms with van der Waals surface area (Å²) in [6.45, 7) is 13.6. The van der Waals surface area contributed by atoms with Crippen LogP contribution in [0.3, 0.4) is 0 Å². The molecule has 4 aliphatic heterocycles. The van der Waals surface area contributed by atoms with E-state index in [1.807, 2.05) is 24.3 Å². The summed E-state index contributed by atoms with van der Waals surface area (Å²) in [5.41, 5.74) is 1.99. The molecule has 0 saturated carbocycles. The zero-order valence-electron chi connectivity index (χ0n) is 19.2. The molecule has 6 rings (SSSR count). The normalized spacial score (nSPS) is 16.3. The predicted molar refractivity (Wildman–Crippen MR) is 122 cm³/mol. The molecule has 4 aliphatic rings. The fourth-order valence-corrected chi connectivity index (χ4v) is 3.24. The van der Waals surface area contributed by atoms with E-state index in [-0.39, 0.29) is 28.1 Å². The van der Waals surface area contributed by atoms with Crippen LogP contribution in [0.4, 0.5) is 0 Å². The number of aliphatic hydroxyl groups excluding tert-OH is 1. The first-order chi connectivity index (χ1) is 15.4. The van der Waals surface area contributed by atoms with E-state index in [1.54, 1.807) is 24.3 Å². The summed E-state index contributed by atoms with van der Waals surface area (Å²) < 4.78 is 22.5. The van der Waals surface area contributed by atoms with E-state index in [0.717, 1.165) is 11.1 Å². The van der Waals surface area contributed by atoms with E-state index in [9.17, 15) is 14.7 Å². The van der Waals surface area contributed by atoms with Crippen LogP contribution in [0.2, 0.25) is 0 Å². The number of carbonyl (C=O) groups is 2. The van der Waals surface area contributed by atoms with Crippen LogP contribution in [-0.2, 0) is 24.5 Å². The van der Waals surface area contributed by atoms with E-state index in [1.165, 1.54) is 13.8 Å². The molecule has 0 spiro atoms. The van der Waals surface area contributed by atoms with Crippen molar-refractivity contribution in [2.75, 3.05) is 6.61 Å². The number of hydrogen-bond acceptors (Lipinski definition) is 7. The van der Waals surface area contributed by atoms with Gasteiger partial charge in [0.25, 0.3) is 0 Å². The summed E-state index contributed by atoms with van der Waals surface area (Å²) in [5, 5.41) is 11.0. The monoisotopic (exact) mass is 452 g/mol. The second-order valence-corrected chi connectivity index (χ2v) is 8.55. The van der Waals surface area contributed by atoms with Crippen molar-refractivity contribution in [3.05, 3.63) is 84.0 Å². The smallest absolute Gasteiger partial charge is 0.451 e. The molecule has 1 N–H and O–H groups in total. The highest BCUT2D eigenvalue weighted by Crippen LogP contribution is 2.36. The van der Waals surface area contributed by atoms with E-state index < -0.39 is 30.6 Å². The maximum Gasteiger partial charge on any atom is 0.451 e. The molecule has 4 heterocycles. The van der Waals surface area contributed by atoms with Gasteiger partial charge in [0.15, 0.2) is 0 Å². The SMILES string of the molecule is C=C(C)C(=O)OCC(O)C1(OC(=O)C(=C)C)Oc2ccc(cc2)C(C)(C)c2ccc(cc2)O1. The van der Waals surface area contributed by atoms with Crippen LogP contribution in [0.25, 0.3) is 0 Å². The minimum absolute atomic E-state index is 0.0614. The van der Waals surface area contributed by atoms with Crippen LogP contribution < -0.4 is 9.47 Å². The molecule has 0 saturated heterocycles. The third-order valence-electron chi connectivity index (χ3n) is 5.38. The van der Waals surface area contributed by atoms with Gasteiger partial charge in [-0.3, -0.25) is 0 Å². The third kappa shape index (κ3) is 5.09. The molecule has 0 aromatic heterocycles. The highest BCUT2D eigenvalue weighted by Gasteiger charge is 2.50. The summed E-state index contributed by atoms with van der Waals surface area (Å²) in [5.74, 6) is -3.42. The first-order valence-electron chi connectivity index (χ1n) is 10.4. The Hall–Kier alpha value is -3.58. The van der Waals surface area contributed by atoms with E-state index >= 15 is 0 Å². The van der Waals surface area contributed by atoms with E-state index in [0.29, 0.717) is 0 Å². The summed E-state index contributed by atoms with van der Waals surface area (Å²) >= 11 is 0. The van der Waals surface area contributed by atoms with E-state index in [2.05, 4.69) is 27.0 Å². The van der Waals surface area contributed by atoms with Crippen LogP contribution in [0.1, 0.15) is 38.8 Å². The topological polar surface area (TPSA) is 91.3 Å². The predicted octanol–water partition coefficient (Wildman–Crippen LogP) is 4.04. The molecular formula is C26H28O7. The Bertz CT molecular complexity index is 1010.